The van der Waals surface area contributed by atoms with E-state index in [-0.39, 0.29) is 0 Å². The van der Waals surface area contributed by atoms with Crippen molar-refractivity contribution in [3.63, 3.8) is 0 Å². The Bertz CT molecular complexity index is 2480. The molecule has 0 saturated heterocycles. The highest BCUT2D eigenvalue weighted by Gasteiger charge is 2.22. The molecule has 9 rings (SSSR count). The SMILES string of the molecule is Cc1ccc(-c2ccc(-n3ccc4c5ccccc5c5c(c6c7ccccc7ccc6n5-c5ccccc5)c43)cc2)cc1. The smallest absolute Gasteiger partial charge is 0.0641 e. The van der Waals surface area contributed by atoms with Crippen LogP contribution >= 0.6 is 0 Å². The maximum absolute atomic E-state index is 2.47. The first kappa shape index (κ1) is 24.0. The molecule has 0 radical (unpaired) electrons. The van der Waals surface area contributed by atoms with Gasteiger partial charge >= 0.3 is 0 Å². The molecule has 0 saturated carbocycles. The van der Waals surface area contributed by atoms with E-state index in [1.54, 1.807) is 0 Å². The third-order valence-corrected chi connectivity index (χ3v) is 9.00. The lowest BCUT2D eigenvalue weighted by molar-refractivity contribution is 1.13. The highest BCUT2D eigenvalue weighted by atomic mass is 15.0. The van der Waals surface area contributed by atoms with Crippen molar-refractivity contribution in [1.29, 1.82) is 0 Å². The number of hydrogen-bond donors (Lipinski definition) is 0. The molecule has 0 aliphatic carbocycles. The zero-order chi connectivity index (χ0) is 28.5. The topological polar surface area (TPSA) is 9.86 Å². The summed E-state index contributed by atoms with van der Waals surface area (Å²) in [5, 5.41) is 8.92. The van der Waals surface area contributed by atoms with Crippen LogP contribution in [0.3, 0.4) is 0 Å². The Balaban J connectivity index is 1.44. The van der Waals surface area contributed by atoms with E-state index in [4.69, 9.17) is 0 Å². The molecule has 43 heavy (non-hydrogen) atoms. The van der Waals surface area contributed by atoms with Crippen molar-refractivity contribution >= 4 is 54.3 Å². The van der Waals surface area contributed by atoms with Gasteiger partial charge in [0.25, 0.3) is 0 Å². The fourth-order valence-electron chi connectivity index (χ4n) is 7.00. The molecule has 0 N–H and O–H groups in total. The predicted molar refractivity (Wildman–Crippen MR) is 183 cm³/mol. The highest BCUT2D eigenvalue weighted by molar-refractivity contribution is 6.35. The molecule has 2 heteroatoms. The third-order valence-electron chi connectivity index (χ3n) is 9.00. The number of aryl methyl sites for hydroxylation is 1. The first-order valence-corrected chi connectivity index (χ1v) is 14.9. The molecule has 0 fully saturated rings. The summed E-state index contributed by atoms with van der Waals surface area (Å²) < 4.78 is 4.86. The van der Waals surface area contributed by atoms with E-state index in [0.29, 0.717) is 0 Å². The zero-order valence-electron chi connectivity index (χ0n) is 23.8. The third kappa shape index (κ3) is 3.53. The van der Waals surface area contributed by atoms with Gasteiger partial charge in [-0.3, -0.25) is 0 Å². The quantitative estimate of drug-likeness (QED) is 0.208. The number of hydrogen-bond acceptors (Lipinski definition) is 0. The molecular weight excluding hydrogens is 520 g/mol. The minimum absolute atomic E-state index is 1.16. The summed E-state index contributed by atoms with van der Waals surface area (Å²) >= 11 is 0. The van der Waals surface area contributed by atoms with Crippen LogP contribution < -0.4 is 0 Å². The van der Waals surface area contributed by atoms with E-state index >= 15 is 0 Å². The Kier molecular flexibility index (Phi) is 5.15. The van der Waals surface area contributed by atoms with Crippen LogP contribution in [-0.2, 0) is 0 Å². The van der Waals surface area contributed by atoms with Gasteiger partial charge in [0, 0.05) is 39.1 Å². The molecule has 0 atom stereocenters. The van der Waals surface area contributed by atoms with Crippen molar-refractivity contribution in [3.8, 4) is 22.5 Å². The Hall–Kier alpha value is -5.60. The summed E-state index contributed by atoms with van der Waals surface area (Å²) in [5.74, 6) is 0. The van der Waals surface area contributed by atoms with Gasteiger partial charge in [-0.1, -0.05) is 115 Å². The molecule has 202 valence electrons. The maximum atomic E-state index is 2.47. The molecule has 0 spiro atoms. The Morgan fingerprint density at radius 2 is 1.05 bits per heavy atom. The van der Waals surface area contributed by atoms with Crippen LogP contribution in [0.2, 0.25) is 0 Å². The monoisotopic (exact) mass is 548 g/mol. The summed E-state index contributed by atoms with van der Waals surface area (Å²) in [6.07, 6.45) is 2.24. The van der Waals surface area contributed by atoms with Gasteiger partial charge in [-0.25, -0.2) is 0 Å². The maximum Gasteiger partial charge on any atom is 0.0641 e. The first-order chi connectivity index (χ1) is 21.3. The molecule has 0 amide bonds. The van der Waals surface area contributed by atoms with Gasteiger partial charge in [-0.05, 0) is 70.6 Å². The number of para-hydroxylation sites is 1. The van der Waals surface area contributed by atoms with E-state index in [1.165, 1.54) is 76.6 Å². The number of rotatable bonds is 3. The standard InChI is InChI=1S/C41H28N2/c1-27-15-17-28(18-16-27)29-19-22-31(23-20-29)42-26-25-36-34-13-7-8-14-35(34)41-39(40(36)42)38-33-12-6-5-9-30(33)21-24-37(38)43(41)32-10-3-2-4-11-32/h2-26H,1H3. The number of benzene rings is 7. The molecular formula is C41H28N2. The summed E-state index contributed by atoms with van der Waals surface area (Å²) in [5.41, 5.74) is 9.77. The average molecular weight is 549 g/mol. The largest absolute Gasteiger partial charge is 0.316 e. The van der Waals surface area contributed by atoms with Gasteiger partial charge < -0.3 is 9.13 Å². The van der Waals surface area contributed by atoms with Crippen molar-refractivity contribution < 1.29 is 0 Å². The Morgan fingerprint density at radius 1 is 0.419 bits per heavy atom. The number of fused-ring (bicyclic) bond motifs is 10. The van der Waals surface area contributed by atoms with Gasteiger partial charge in [-0.2, -0.15) is 0 Å². The van der Waals surface area contributed by atoms with Crippen LogP contribution in [0.15, 0.2) is 152 Å². The van der Waals surface area contributed by atoms with E-state index in [0.717, 1.165) is 5.69 Å². The minimum Gasteiger partial charge on any atom is -0.316 e. The van der Waals surface area contributed by atoms with E-state index < -0.39 is 0 Å². The lowest BCUT2D eigenvalue weighted by Crippen LogP contribution is -1.96. The molecule has 7 aromatic carbocycles. The number of aromatic nitrogens is 2. The van der Waals surface area contributed by atoms with Crippen LogP contribution in [0.1, 0.15) is 5.56 Å². The average Bonchev–Trinajstić information content (AvgIpc) is 3.66. The van der Waals surface area contributed by atoms with Crippen LogP contribution in [0.4, 0.5) is 0 Å². The summed E-state index contributed by atoms with van der Waals surface area (Å²) in [4.78, 5) is 0. The zero-order valence-corrected chi connectivity index (χ0v) is 23.8. The molecule has 0 aliphatic rings. The van der Waals surface area contributed by atoms with Crippen molar-refractivity contribution in [3.05, 3.63) is 157 Å². The molecule has 2 nitrogen and oxygen atoms in total. The summed E-state index contributed by atoms with van der Waals surface area (Å²) in [6, 6.07) is 53.1. The van der Waals surface area contributed by atoms with Crippen molar-refractivity contribution in [2.24, 2.45) is 0 Å². The molecule has 0 bridgehead atoms. The Labute approximate surface area is 249 Å². The normalized spacial score (nSPS) is 11.8. The van der Waals surface area contributed by atoms with Crippen LogP contribution in [0, 0.1) is 6.92 Å². The van der Waals surface area contributed by atoms with Gasteiger partial charge in [0.15, 0.2) is 0 Å². The molecule has 0 unspecified atom stereocenters. The van der Waals surface area contributed by atoms with E-state index in [2.05, 4.69) is 168 Å². The molecule has 2 aromatic heterocycles. The summed E-state index contributed by atoms with van der Waals surface area (Å²) in [7, 11) is 0. The van der Waals surface area contributed by atoms with Crippen LogP contribution in [0.25, 0.3) is 76.8 Å². The summed E-state index contributed by atoms with van der Waals surface area (Å²) in [6.45, 7) is 2.13. The first-order valence-electron chi connectivity index (χ1n) is 14.9. The second-order valence-electron chi connectivity index (χ2n) is 11.5. The van der Waals surface area contributed by atoms with Crippen molar-refractivity contribution in [2.45, 2.75) is 6.92 Å². The van der Waals surface area contributed by atoms with Gasteiger partial charge in [0.1, 0.15) is 0 Å². The molecule has 2 heterocycles. The Morgan fingerprint density at radius 3 is 1.81 bits per heavy atom. The molecule has 0 aliphatic heterocycles. The van der Waals surface area contributed by atoms with Gasteiger partial charge in [0.05, 0.1) is 16.6 Å². The fourth-order valence-corrected chi connectivity index (χ4v) is 7.00. The minimum atomic E-state index is 1.16. The molecule has 9 aromatic rings. The van der Waals surface area contributed by atoms with E-state index in [9.17, 15) is 0 Å². The van der Waals surface area contributed by atoms with E-state index in [1.807, 2.05) is 0 Å². The van der Waals surface area contributed by atoms with Gasteiger partial charge in [0.2, 0.25) is 0 Å². The fraction of sp³-hybridized carbons (Fsp3) is 0.0244. The second-order valence-corrected chi connectivity index (χ2v) is 11.5. The van der Waals surface area contributed by atoms with Gasteiger partial charge in [-0.15, -0.1) is 0 Å². The lowest BCUT2D eigenvalue weighted by Gasteiger charge is -2.13. The van der Waals surface area contributed by atoms with Crippen molar-refractivity contribution in [1.82, 2.24) is 9.13 Å². The van der Waals surface area contributed by atoms with Crippen LogP contribution in [0.5, 0.6) is 0 Å². The van der Waals surface area contributed by atoms with Crippen molar-refractivity contribution in [2.75, 3.05) is 0 Å². The van der Waals surface area contributed by atoms with Crippen LogP contribution in [-0.4, -0.2) is 9.13 Å². The lowest BCUT2D eigenvalue weighted by atomic mass is 9.98. The second kappa shape index (κ2) is 9.20. The number of nitrogens with zero attached hydrogens (tertiary/aromatic N) is 2. The highest BCUT2D eigenvalue weighted by Crippen LogP contribution is 2.45. The predicted octanol–water partition coefficient (Wildman–Crippen LogP) is 11.0.